The molecule has 1 N–H and O–H groups in total. The lowest BCUT2D eigenvalue weighted by Gasteiger charge is -2.28. The van der Waals surface area contributed by atoms with Crippen LogP contribution in [0.25, 0.3) is 0 Å². The Morgan fingerprint density at radius 1 is 0.913 bits per heavy atom. The first-order valence-electron chi connectivity index (χ1n) is 8.30. The van der Waals surface area contributed by atoms with Gasteiger partial charge in [0.15, 0.2) is 11.8 Å². The Hall–Kier alpha value is -1.51. The van der Waals surface area contributed by atoms with E-state index in [1.807, 2.05) is 32.9 Å². The zero-order valence-electron chi connectivity index (χ0n) is 16.2. The van der Waals surface area contributed by atoms with Crippen molar-refractivity contribution in [1.29, 1.82) is 0 Å². The fraction of sp³-hybridized carbons (Fsp3) is 0.650. The molecule has 0 saturated carbocycles. The van der Waals surface area contributed by atoms with Crippen LogP contribution in [0.2, 0.25) is 0 Å². The van der Waals surface area contributed by atoms with Crippen molar-refractivity contribution in [3.8, 4) is 5.75 Å². The maximum Gasteiger partial charge on any atom is 0.164 e. The SMILES string of the molecule is CC(C)(C)c1cc(C/C=[N+](/[O-])C(C)(C)C)cc(C(C)(C)C)c1O. The van der Waals surface area contributed by atoms with Gasteiger partial charge in [0, 0.05) is 20.8 Å². The third-order valence-corrected chi connectivity index (χ3v) is 3.94. The van der Waals surface area contributed by atoms with Crippen LogP contribution in [-0.2, 0) is 17.3 Å². The summed E-state index contributed by atoms with van der Waals surface area (Å²) in [5.74, 6) is 0.378. The minimum absolute atomic E-state index is 0.152. The number of hydrogen-bond acceptors (Lipinski definition) is 2. The normalized spacial score (nSPS) is 14.2. The van der Waals surface area contributed by atoms with E-state index in [-0.39, 0.29) is 10.8 Å². The Labute approximate surface area is 141 Å². The molecule has 0 fully saturated rings. The molecular weight excluding hydrogens is 286 g/mol. The molecule has 3 heteroatoms. The molecule has 3 nitrogen and oxygen atoms in total. The summed E-state index contributed by atoms with van der Waals surface area (Å²) in [5, 5.41) is 22.8. The Bertz CT molecular complexity index is 559. The van der Waals surface area contributed by atoms with Gasteiger partial charge in [-0.25, -0.2) is 4.74 Å². The number of benzene rings is 1. The van der Waals surface area contributed by atoms with E-state index >= 15 is 0 Å². The fourth-order valence-corrected chi connectivity index (χ4v) is 2.42. The molecule has 0 aliphatic heterocycles. The predicted octanol–water partition coefficient (Wildman–Crippen LogP) is 4.91. The van der Waals surface area contributed by atoms with Crippen LogP contribution < -0.4 is 0 Å². The summed E-state index contributed by atoms with van der Waals surface area (Å²) >= 11 is 0. The second-order valence-corrected chi connectivity index (χ2v) is 9.42. The van der Waals surface area contributed by atoms with E-state index in [0.717, 1.165) is 21.4 Å². The van der Waals surface area contributed by atoms with Crippen LogP contribution in [0, 0.1) is 5.21 Å². The molecular formula is C20H33NO2. The minimum Gasteiger partial charge on any atom is -0.624 e. The van der Waals surface area contributed by atoms with E-state index in [1.165, 1.54) is 0 Å². The van der Waals surface area contributed by atoms with E-state index < -0.39 is 5.54 Å². The highest BCUT2D eigenvalue weighted by molar-refractivity contribution is 5.59. The van der Waals surface area contributed by atoms with Crippen LogP contribution in [0.4, 0.5) is 0 Å². The zero-order chi connectivity index (χ0) is 18.2. The lowest BCUT2D eigenvalue weighted by Crippen LogP contribution is -2.29. The van der Waals surface area contributed by atoms with E-state index in [9.17, 15) is 10.3 Å². The van der Waals surface area contributed by atoms with Crippen LogP contribution in [0.5, 0.6) is 5.75 Å². The molecule has 0 unspecified atom stereocenters. The summed E-state index contributed by atoms with van der Waals surface area (Å²) < 4.78 is 1.01. The Morgan fingerprint density at radius 2 is 1.30 bits per heavy atom. The van der Waals surface area contributed by atoms with Gasteiger partial charge in [0.2, 0.25) is 0 Å². The molecule has 0 amide bonds. The molecule has 0 aliphatic carbocycles. The maximum absolute atomic E-state index is 12.1. The highest BCUT2D eigenvalue weighted by atomic mass is 16.5. The number of nitrogens with zero attached hydrogens (tertiary/aromatic N) is 1. The average Bonchev–Trinajstić information content (AvgIpc) is 2.32. The summed E-state index contributed by atoms with van der Waals surface area (Å²) in [6.45, 7) is 18.3. The second-order valence-electron chi connectivity index (χ2n) is 9.42. The van der Waals surface area contributed by atoms with Gasteiger partial charge in [-0.3, -0.25) is 0 Å². The highest BCUT2D eigenvalue weighted by Gasteiger charge is 2.26. The average molecular weight is 319 g/mol. The first-order chi connectivity index (χ1) is 10.1. The van der Waals surface area contributed by atoms with E-state index in [2.05, 4.69) is 41.5 Å². The van der Waals surface area contributed by atoms with E-state index in [0.29, 0.717) is 12.2 Å². The van der Waals surface area contributed by atoms with E-state index in [1.54, 1.807) is 6.21 Å². The number of rotatable bonds is 2. The van der Waals surface area contributed by atoms with Crippen molar-refractivity contribution < 1.29 is 9.85 Å². The standard InChI is InChI=1S/C20H33NO2/c1-18(2,3)15-12-14(10-11-21(23)20(7,8)9)13-16(17(15)22)19(4,5)6/h11-13,22H,10H2,1-9H3/b21-11+. The lowest BCUT2D eigenvalue weighted by atomic mass is 9.78. The molecule has 0 spiro atoms. The van der Waals surface area contributed by atoms with Crippen molar-refractivity contribution >= 4 is 6.21 Å². The van der Waals surface area contributed by atoms with Crippen molar-refractivity contribution in [2.24, 2.45) is 0 Å². The monoisotopic (exact) mass is 319 g/mol. The van der Waals surface area contributed by atoms with Gasteiger partial charge in [-0.2, -0.15) is 0 Å². The molecule has 0 aromatic heterocycles. The van der Waals surface area contributed by atoms with Gasteiger partial charge in [-0.15, -0.1) is 0 Å². The first kappa shape index (κ1) is 19.5. The first-order valence-corrected chi connectivity index (χ1v) is 8.30. The fourth-order valence-electron chi connectivity index (χ4n) is 2.42. The Kier molecular flexibility index (Phi) is 5.25. The number of phenols is 1. The second kappa shape index (κ2) is 6.18. The molecule has 1 aromatic rings. The number of hydrogen-bond donors (Lipinski definition) is 1. The van der Waals surface area contributed by atoms with Gasteiger partial charge in [0.1, 0.15) is 5.75 Å². The van der Waals surface area contributed by atoms with Gasteiger partial charge in [-0.05, 0) is 27.5 Å². The molecule has 0 heterocycles. The summed E-state index contributed by atoms with van der Waals surface area (Å²) in [5.41, 5.74) is 2.19. The molecule has 23 heavy (non-hydrogen) atoms. The van der Waals surface area contributed by atoms with Gasteiger partial charge in [0.25, 0.3) is 0 Å². The molecule has 0 aliphatic rings. The maximum atomic E-state index is 12.1. The third-order valence-electron chi connectivity index (χ3n) is 3.94. The smallest absolute Gasteiger partial charge is 0.164 e. The molecule has 1 aromatic carbocycles. The third kappa shape index (κ3) is 4.98. The molecule has 0 bridgehead atoms. The summed E-state index contributed by atoms with van der Waals surface area (Å²) in [6, 6.07) is 4.05. The van der Waals surface area contributed by atoms with Crippen LogP contribution in [-0.4, -0.2) is 21.6 Å². The zero-order valence-corrected chi connectivity index (χ0v) is 16.2. The topological polar surface area (TPSA) is 46.3 Å². The Morgan fingerprint density at radius 3 is 1.61 bits per heavy atom. The van der Waals surface area contributed by atoms with Gasteiger partial charge < -0.3 is 10.3 Å². The van der Waals surface area contributed by atoms with Crippen molar-refractivity contribution in [3.63, 3.8) is 0 Å². The lowest BCUT2D eigenvalue weighted by molar-refractivity contribution is -0.531. The van der Waals surface area contributed by atoms with Crippen LogP contribution in [0.3, 0.4) is 0 Å². The molecule has 130 valence electrons. The molecule has 0 atom stereocenters. The summed E-state index contributed by atoms with van der Waals surface area (Å²) in [6.07, 6.45) is 2.25. The molecule has 0 saturated heterocycles. The summed E-state index contributed by atoms with van der Waals surface area (Å²) in [4.78, 5) is 0. The van der Waals surface area contributed by atoms with Crippen molar-refractivity contribution in [2.75, 3.05) is 0 Å². The number of phenolic OH excluding ortho intramolecular Hbond substituents is 1. The van der Waals surface area contributed by atoms with Crippen molar-refractivity contribution in [2.45, 2.75) is 85.1 Å². The minimum atomic E-state index is -0.434. The molecule has 1 rings (SSSR count). The number of aromatic hydroxyl groups is 1. The quantitative estimate of drug-likeness (QED) is 0.364. The Balaban J connectivity index is 3.40. The van der Waals surface area contributed by atoms with E-state index in [4.69, 9.17) is 0 Å². The van der Waals surface area contributed by atoms with Crippen LogP contribution in [0.15, 0.2) is 12.1 Å². The van der Waals surface area contributed by atoms with Gasteiger partial charge >= 0.3 is 0 Å². The van der Waals surface area contributed by atoms with Crippen LogP contribution >= 0.6 is 0 Å². The largest absolute Gasteiger partial charge is 0.624 e. The predicted molar refractivity (Wildman–Crippen MR) is 98.7 cm³/mol. The van der Waals surface area contributed by atoms with Gasteiger partial charge in [-0.1, -0.05) is 53.7 Å². The highest BCUT2D eigenvalue weighted by Crippen LogP contribution is 2.39. The van der Waals surface area contributed by atoms with Crippen molar-refractivity contribution in [3.05, 3.63) is 34.0 Å². The van der Waals surface area contributed by atoms with Crippen LogP contribution in [0.1, 0.15) is 79.0 Å². The van der Waals surface area contributed by atoms with Crippen molar-refractivity contribution in [1.82, 2.24) is 0 Å². The summed E-state index contributed by atoms with van der Waals surface area (Å²) in [7, 11) is 0. The number of hydroxylamine groups is 1. The van der Waals surface area contributed by atoms with Gasteiger partial charge in [0.05, 0.1) is 6.42 Å². The molecule has 0 radical (unpaired) electrons.